The zero-order valence-electron chi connectivity index (χ0n) is 11.2. The van der Waals surface area contributed by atoms with Crippen LogP contribution in [-0.4, -0.2) is 11.0 Å². The highest BCUT2D eigenvalue weighted by Gasteiger charge is 2.06. The molecule has 0 aliphatic heterocycles. The van der Waals surface area contributed by atoms with Gasteiger partial charge in [0.2, 0.25) is 0 Å². The minimum Gasteiger partial charge on any atom is -0.385 e. The molecular weight excluding hydrogens is 234 g/mol. The maximum Gasteiger partial charge on any atom is 0.0991 e. The molecule has 0 saturated heterocycles. The van der Waals surface area contributed by atoms with Gasteiger partial charge in [-0.25, -0.2) is 0 Å². The Hall–Kier alpha value is -2.47. The van der Waals surface area contributed by atoms with Crippen LogP contribution in [0.2, 0.25) is 0 Å². The molecule has 3 heteroatoms. The van der Waals surface area contributed by atoms with Crippen molar-refractivity contribution >= 4 is 17.0 Å². The Kier molecular flexibility index (Phi) is 3.72. The Morgan fingerprint density at radius 2 is 2.26 bits per heavy atom. The zero-order valence-corrected chi connectivity index (χ0v) is 11.2. The van der Waals surface area contributed by atoms with E-state index in [-0.39, 0.29) is 6.04 Å². The van der Waals surface area contributed by atoms with Gasteiger partial charge in [-0.3, -0.25) is 0 Å². The van der Waals surface area contributed by atoms with Crippen LogP contribution in [-0.2, 0) is 0 Å². The first-order valence-corrected chi connectivity index (χ1v) is 6.23. The van der Waals surface area contributed by atoms with Gasteiger partial charge in [-0.2, -0.15) is 5.26 Å². The number of nitrogens with one attached hydrogen (secondary N) is 2. The lowest BCUT2D eigenvalue weighted by Gasteiger charge is -2.04. The van der Waals surface area contributed by atoms with Crippen LogP contribution in [0.4, 0.5) is 0 Å². The van der Waals surface area contributed by atoms with Crippen LogP contribution >= 0.6 is 0 Å². The van der Waals surface area contributed by atoms with Crippen molar-refractivity contribution in [3.05, 3.63) is 53.9 Å². The number of nitriles is 1. The predicted octanol–water partition coefficient (Wildman–Crippen LogP) is 3.48. The molecule has 0 fully saturated rings. The molecule has 2 aromatic rings. The summed E-state index contributed by atoms with van der Waals surface area (Å²) >= 11 is 0. The van der Waals surface area contributed by atoms with E-state index in [9.17, 15) is 0 Å². The van der Waals surface area contributed by atoms with Gasteiger partial charge in [0.05, 0.1) is 11.6 Å². The minimum absolute atomic E-state index is 0.233. The van der Waals surface area contributed by atoms with Crippen LogP contribution in [0.15, 0.2) is 37.1 Å². The normalized spacial score (nSPS) is 12.5. The minimum atomic E-state index is 0.233. The Morgan fingerprint density at radius 1 is 1.47 bits per heavy atom. The highest BCUT2D eigenvalue weighted by Crippen LogP contribution is 2.24. The van der Waals surface area contributed by atoms with E-state index in [0.717, 1.165) is 22.2 Å². The van der Waals surface area contributed by atoms with E-state index in [4.69, 9.17) is 5.26 Å². The van der Waals surface area contributed by atoms with Gasteiger partial charge in [-0.15, -0.1) is 6.58 Å². The van der Waals surface area contributed by atoms with Gasteiger partial charge in [-0.05, 0) is 44.3 Å². The molecule has 0 radical (unpaired) electrons. The van der Waals surface area contributed by atoms with Crippen molar-refractivity contribution in [2.45, 2.75) is 19.9 Å². The zero-order chi connectivity index (χ0) is 13.8. The molecule has 0 amide bonds. The number of benzene rings is 1. The summed E-state index contributed by atoms with van der Waals surface area (Å²) in [5.41, 5.74) is 3.92. The molecule has 0 saturated carbocycles. The van der Waals surface area contributed by atoms with E-state index in [1.54, 1.807) is 0 Å². The van der Waals surface area contributed by atoms with Crippen LogP contribution in [0.25, 0.3) is 17.0 Å². The van der Waals surface area contributed by atoms with E-state index >= 15 is 0 Å². The van der Waals surface area contributed by atoms with E-state index in [2.05, 4.69) is 22.9 Å². The van der Waals surface area contributed by atoms with Crippen LogP contribution in [0.1, 0.15) is 23.7 Å². The Bertz CT molecular complexity index is 671. The molecule has 0 aliphatic carbocycles. The number of nitrogens with zero attached hydrogens (tertiary/aromatic N) is 1. The fourth-order valence-corrected chi connectivity index (χ4v) is 1.98. The first-order valence-electron chi connectivity index (χ1n) is 6.23. The molecule has 1 unspecified atom stereocenters. The smallest absolute Gasteiger partial charge is 0.0991 e. The summed E-state index contributed by atoms with van der Waals surface area (Å²) in [6.07, 6.45) is 5.79. The number of hydrogen-bond acceptors (Lipinski definition) is 2. The third-order valence-electron chi connectivity index (χ3n) is 3.13. The van der Waals surface area contributed by atoms with Crippen molar-refractivity contribution in [3.63, 3.8) is 0 Å². The molecule has 0 bridgehead atoms. The van der Waals surface area contributed by atoms with Crippen molar-refractivity contribution in [2.75, 3.05) is 0 Å². The fraction of sp³-hybridized carbons (Fsp3) is 0.188. The molecule has 0 aliphatic rings. The van der Waals surface area contributed by atoms with Crippen LogP contribution in [0.3, 0.4) is 0 Å². The van der Waals surface area contributed by atoms with Crippen molar-refractivity contribution in [1.29, 1.82) is 5.26 Å². The van der Waals surface area contributed by atoms with Gasteiger partial charge in [0.25, 0.3) is 0 Å². The van der Waals surface area contributed by atoms with Crippen LogP contribution in [0, 0.1) is 18.3 Å². The number of aromatic nitrogens is 1. The third kappa shape index (κ3) is 2.69. The molecule has 1 atom stereocenters. The summed E-state index contributed by atoms with van der Waals surface area (Å²) in [6, 6.07) is 8.08. The summed E-state index contributed by atoms with van der Waals surface area (Å²) < 4.78 is 0. The van der Waals surface area contributed by atoms with Crippen LogP contribution < -0.4 is 5.32 Å². The van der Waals surface area contributed by atoms with Crippen molar-refractivity contribution in [3.8, 4) is 6.07 Å². The quantitative estimate of drug-likeness (QED) is 0.817. The average Bonchev–Trinajstić information content (AvgIpc) is 2.74. The monoisotopic (exact) mass is 251 g/mol. The van der Waals surface area contributed by atoms with Crippen molar-refractivity contribution < 1.29 is 0 Å². The summed E-state index contributed by atoms with van der Waals surface area (Å²) in [5.74, 6) is 0. The lowest BCUT2D eigenvalue weighted by Crippen LogP contribution is -2.16. The van der Waals surface area contributed by atoms with Crippen LogP contribution in [0.5, 0.6) is 0 Å². The second-order valence-electron chi connectivity index (χ2n) is 4.56. The number of rotatable bonds is 4. The third-order valence-corrected chi connectivity index (χ3v) is 3.13. The first kappa shape index (κ1) is 13.0. The highest BCUT2D eigenvalue weighted by molar-refractivity contribution is 5.91. The van der Waals surface area contributed by atoms with E-state index < -0.39 is 0 Å². The van der Waals surface area contributed by atoms with Gasteiger partial charge in [0.15, 0.2) is 0 Å². The largest absolute Gasteiger partial charge is 0.385 e. The van der Waals surface area contributed by atoms with Crippen molar-refractivity contribution in [2.24, 2.45) is 0 Å². The molecule has 2 N–H and O–H groups in total. The number of aryl methyl sites for hydroxylation is 1. The maximum absolute atomic E-state index is 8.97. The predicted molar refractivity (Wildman–Crippen MR) is 79.6 cm³/mol. The molecule has 1 heterocycles. The van der Waals surface area contributed by atoms with Gasteiger partial charge in [0, 0.05) is 28.2 Å². The molecule has 0 spiro atoms. The summed E-state index contributed by atoms with van der Waals surface area (Å²) in [7, 11) is 0. The second-order valence-corrected chi connectivity index (χ2v) is 4.56. The lowest BCUT2D eigenvalue weighted by molar-refractivity contribution is 0.774. The average molecular weight is 251 g/mol. The molecule has 1 aromatic carbocycles. The Labute approximate surface area is 113 Å². The van der Waals surface area contributed by atoms with E-state index in [0.29, 0.717) is 5.56 Å². The molecule has 1 aromatic heterocycles. The molecular formula is C16H17N3. The lowest BCUT2D eigenvalue weighted by atomic mass is 10.1. The Balaban J connectivity index is 2.39. The topological polar surface area (TPSA) is 51.6 Å². The van der Waals surface area contributed by atoms with Crippen molar-refractivity contribution in [1.82, 2.24) is 10.3 Å². The molecule has 96 valence electrons. The second kappa shape index (κ2) is 5.45. The number of H-pyrrole nitrogens is 1. The SMILES string of the molecule is C=CC(C)N/C=C/c1c(C)[nH]c2ccc(C#N)cc12. The number of fused-ring (bicyclic) bond motifs is 1. The van der Waals surface area contributed by atoms with E-state index in [1.165, 1.54) is 0 Å². The first-order chi connectivity index (χ1) is 9.15. The number of hydrogen-bond donors (Lipinski definition) is 2. The maximum atomic E-state index is 8.97. The van der Waals surface area contributed by atoms with E-state index in [1.807, 2.05) is 50.4 Å². The Morgan fingerprint density at radius 3 is 2.95 bits per heavy atom. The standard InChI is InChI=1S/C16H17N3/c1-4-11(2)18-8-7-14-12(3)19-16-6-5-13(10-17)9-15(14)16/h4-9,11,18-19H,1H2,2-3H3/b8-7+. The highest BCUT2D eigenvalue weighted by atomic mass is 14.9. The number of aromatic amines is 1. The molecule has 19 heavy (non-hydrogen) atoms. The van der Waals surface area contributed by atoms with Gasteiger partial charge in [0.1, 0.15) is 0 Å². The summed E-state index contributed by atoms with van der Waals surface area (Å²) in [5, 5.41) is 13.3. The van der Waals surface area contributed by atoms with Gasteiger partial charge < -0.3 is 10.3 Å². The van der Waals surface area contributed by atoms with Gasteiger partial charge >= 0.3 is 0 Å². The molecule has 3 nitrogen and oxygen atoms in total. The fourth-order valence-electron chi connectivity index (χ4n) is 1.98. The molecule has 2 rings (SSSR count). The summed E-state index contributed by atoms with van der Waals surface area (Å²) in [4.78, 5) is 3.32. The van der Waals surface area contributed by atoms with Gasteiger partial charge in [-0.1, -0.05) is 6.08 Å². The summed E-state index contributed by atoms with van der Waals surface area (Å²) in [6.45, 7) is 7.79.